The summed E-state index contributed by atoms with van der Waals surface area (Å²) < 4.78 is 6.51. The maximum absolute atomic E-state index is 12.8. The van der Waals surface area contributed by atoms with Crippen molar-refractivity contribution >= 4 is 38.9 Å². The molecule has 6 heteroatoms. The normalized spacial score (nSPS) is 16.3. The minimum absolute atomic E-state index is 0.115. The van der Waals surface area contributed by atoms with E-state index in [1.807, 2.05) is 42.5 Å². The van der Waals surface area contributed by atoms with Gasteiger partial charge in [0.2, 0.25) is 0 Å². The fourth-order valence-corrected chi connectivity index (χ4v) is 4.89. The summed E-state index contributed by atoms with van der Waals surface area (Å²) in [4.78, 5) is 15.8. The summed E-state index contributed by atoms with van der Waals surface area (Å²) in [6.07, 6.45) is 0. The van der Waals surface area contributed by atoms with E-state index < -0.39 is 0 Å². The zero-order chi connectivity index (χ0) is 18.6. The van der Waals surface area contributed by atoms with Gasteiger partial charge in [-0.2, -0.15) is 0 Å². The van der Waals surface area contributed by atoms with Crippen LogP contribution in [0.4, 0.5) is 0 Å². The third-order valence-corrected chi connectivity index (χ3v) is 6.54. The Morgan fingerprint density at radius 1 is 1.11 bits per heavy atom. The molecule has 2 heterocycles. The van der Waals surface area contributed by atoms with Crippen molar-refractivity contribution in [2.45, 2.75) is 6.04 Å². The lowest BCUT2D eigenvalue weighted by molar-refractivity contribution is 0.0162. The molecule has 0 bridgehead atoms. The fourth-order valence-electron chi connectivity index (χ4n) is 3.45. The zero-order valence-corrected chi connectivity index (χ0v) is 16.4. The Kier molecular flexibility index (Phi) is 5.74. The summed E-state index contributed by atoms with van der Waals surface area (Å²) in [6.45, 7) is 3.70. The van der Waals surface area contributed by atoms with Gasteiger partial charge in [-0.25, -0.2) is 0 Å². The first-order chi connectivity index (χ1) is 13.2. The number of rotatable bonds is 5. The molecule has 1 aliphatic rings. The number of ether oxygens (including phenoxy) is 1. The molecule has 0 aliphatic carbocycles. The number of halogens is 1. The summed E-state index contributed by atoms with van der Waals surface area (Å²) in [5, 5.41) is 4.57. The second-order valence-corrected chi connectivity index (χ2v) is 7.96. The highest BCUT2D eigenvalue weighted by Crippen LogP contribution is 2.35. The van der Waals surface area contributed by atoms with Gasteiger partial charge in [-0.05, 0) is 11.6 Å². The largest absolute Gasteiger partial charge is 0.379 e. The Morgan fingerprint density at radius 2 is 1.81 bits per heavy atom. The summed E-state index contributed by atoms with van der Waals surface area (Å²) in [6, 6.07) is 18.3. The standard InChI is InChI=1S/C21H21ClN2O2S/c22-19-16-8-4-5-9-18(16)27-20(19)21(25)23-14-17(15-6-2-1-3-7-15)24-10-12-26-13-11-24/h1-9,17H,10-14H2,(H,23,25)/t17-/m1/s1. The monoisotopic (exact) mass is 400 g/mol. The lowest BCUT2D eigenvalue weighted by Crippen LogP contribution is -2.43. The molecule has 4 nitrogen and oxygen atoms in total. The van der Waals surface area contributed by atoms with Gasteiger partial charge in [0.25, 0.3) is 5.91 Å². The number of hydrogen-bond donors (Lipinski definition) is 1. The highest BCUT2D eigenvalue weighted by atomic mass is 35.5. The van der Waals surface area contributed by atoms with E-state index in [9.17, 15) is 4.79 Å². The Hall–Kier alpha value is -1.92. The van der Waals surface area contributed by atoms with Crippen molar-refractivity contribution in [1.29, 1.82) is 0 Å². The molecule has 1 aromatic heterocycles. The van der Waals surface area contributed by atoms with Gasteiger partial charge >= 0.3 is 0 Å². The Labute approximate surface area is 167 Å². The number of amides is 1. The van der Waals surface area contributed by atoms with Crippen LogP contribution in [0.2, 0.25) is 5.02 Å². The van der Waals surface area contributed by atoms with Crippen molar-refractivity contribution in [3.05, 3.63) is 70.1 Å². The molecule has 1 aliphatic heterocycles. The average Bonchev–Trinajstić information content (AvgIpc) is 3.07. The number of morpholine rings is 1. The van der Waals surface area contributed by atoms with Gasteiger partial charge in [-0.3, -0.25) is 9.69 Å². The molecule has 4 rings (SSSR count). The van der Waals surface area contributed by atoms with Crippen LogP contribution < -0.4 is 5.32 Å². The zero-order valence-electron chi connectivity index (χ0n) is 14.9. The minimum atomic E-state index is -0.115. The van der Waals surface area contributed by atoms with Gasteiger partial charge in [-0.15, -0.1) is 11.3 Å². The smallest absolute Gasteiger partial charge is 0.262 e. The van der Waals surface area contributed by atoms with Gasteiger partial charge in [0, 0.05) is 29.7 Å². The quantitative estimate of drug-likeness (QED) is 0.691. The van der Waals surface area contributed by atoms with Crippen molar-refractivity contribution in [2.24, 2.45) is 0 Å². The van der Waals surface area contributed by atoms with Crippen LogP contribution in [0.1, 0.15) is 21.3 Å². The molecule has 0 radical (unpaired) electrons. The van der Waals surface area contributed by atoms with Crippen LogP contribution in [0, 0.1) is 0 Å². The molecule has 27 heavy (non-hydrogen) atoms. The van der Waals surface area contributed by atoms with Gasteiger partial charge in [0.05, 0.1) is 24.3 Å². The summed E-state index contributed by atoms with van der Waals surface area (Å²) in [5.41, 5.74) is 1.20. The highest BCUT2D eigenvalue weighted by Gasteiger charge is 2.24. The van der Waals surface area contributed by atoms with E-state index in [4.69, 9.17) is 16.3 Å². The molecular formula is C21H21ClN2O2S. The first-order valence-electron chi connectivity index (χ1n) is 9.06. The second-order valence-electron chi connectivity index (χ2n) is 6.53. The summed E-state index contributed by atoms with van der Waals surface area (Å²) in [5.74, 6) is -0.115. The van der Waals surface area contributed by atoms with Gasteiger partial charge < -0.3 is 10.1 Å². The number of nitrogens with zero attached hydrogens (tertiary/aromatic N) is 1. The van der Waals surface area contributed by atoms with Crippen LogP contribution in [0.25, 0.3) is 10.1 Å². The van der Waals surface area contributed by atoms with E-state index in [2.05, 4.69) is 22.3 Å². The molecule has 1 N–H and O–H groups in total. The van der Waals surface area contributed by atoms with Crippen molar-refractivity contribution in [3.63, 3.8) is 0 Å². The number of hydrogen-bond acceptors (Lipinski definition) is 4. The lowest BCUT2D eigenvalue weighted by atomic mass is 10.0. The Morgan fingerprint density at radius 3 is 2.56 bits per heavy atom. The Balaban J connectivity index is 1.52. The molecule has 0 unspecified atom stereocenters. The number of carbonyl (C=O) groups is 1. The highest BCUT2D eigenvalue weighted by molar-refractivity contribution is 7.21. The fraction of sp³-hybridized carbons (Fsp3) is 0.286. The minimum Gasteiger partial charge on any atom is -0.379 e. The molecule has 1 saturated heterocycles. The van der Waals surface area contributed by atoms with E-state index in [1.54, 1.807) is 0 Å². The van der Waals surface area contributed by atoms with E-state index in [0.29, 0.717) is 16.4 Å². The third kappa shape index (κ3) is 4.01. The van der Waals surface area contributed by atoms with Gasteiger partial charge in [0.15, 0.2) is 0 Å². The molecule has 0 saturated carbocycles. The number of nitrogens with one attached hydrogen (secondary N) is 1. The van der Waals surface area contributed by atoms with Crippen LogP contribution in [-0.2, 0) is 4.74 Å². The topological polar surface area (TPSA) is 41.6 Å². The van der Waals surface area contributed by atoms with Crippen LogP contribution in [0.15, 0.2) is 54.6 Å². The number of thiophene rings is 1. The predicted octanol–water partition coefficient (Wildman–Crippen LogP) is 4.36. The summed E-state index contributed by atoms with van der Waals surface area (Å²) in [7, 11) is 0. The van der Waals surface area contributed by atoms with Crippen LogP contribution in [-0.4, -0.2) is 43.7 Å². The van der Waals surface area contributed by atoms with Crippen LogP contribution in [0.3, 0.4) is 0 Å². The maximum atomic E-state index is 12.8. The lowest BCUT2D eigenvalue weighted by Gasteiger charge is -2.34. The number of carbonyl (C=O) groups excluding carboxylic acids is 1. The molecule has 3 aromatic rings. The third-order valence-electron chi connectivity index (χ3n) is 4.87. The van der Waals surface area contributed by atoms with E-state index in [1.165, 1.54) is 16.9 Å². The molecule has 1 fully saturated rings. The van der Waals surface area contributed by atoms with E-state index in [0.717, 1.165) is 36.4 Å². The van der Waals surface area contributed by atoms with Crippen molar-refractivity contribution in [1.82, 2.24) is 10.2 Å². The molecule has 1 amide bonds. The van der Waals surface area contributed by atoms with Crippen molar-refractivity contribution < 1.29 is 9.53 Å². The predicted molar refractivity (Wildman–Crippen MR) is 111 cm³/mol. The average molecular weight is 401 g/mol. The van der Waals surface area contributed by atoms with Gasteiger partial charge in [0.1, 0.15) is 4.88 Å². The SMILES string of the molecule is O=C(NC[C@H](c1ccccc1)N1CCOCC1)c1sc2ccccc2c1Cl. The van der Waals surface area contributed by atoms with Crippen molar-refractivity contribution in [3.8, 4) is 0 Å². The molecular weight excluding hydrogens is 380 g/mol. The molecule has 0 spiro atoms. The molecule has 1 atom stereocenters. The van der Waals surface area contributed by atoms with Crippen LogP contribution in [0.5, 0.6) is 0 Å². The summed E-state index contributed by atoms with van der Waals surface area (Å²) >= 11 is 7.89. The van der Waals surface area contributed by atoms with Gasteiger partial charge in [-0.1, -0.05) is 60.1 Å². The van der Waals surface area contributed by atoms with Crippen LogP contribution >= 0.6 is 22.9 Å². The second kappa shape index (κ2) is 8.40. The number of fused-ring (bicyclic) bond motifs is 1. The molecule has 140 valence electrons. The van der Waals surface area contributed by atoms with Crippen molar-refractivity contribution in [2.75, 3.05) is 32.8 Å². The first-order valence-corrected chi connectivity index (χ1v) is 10.3. The Bertz CT molecular complexity index is 922. The van der Waals surface area contributed by atoms with E-state index >= 15 is 0 Å². The maximum Gasteiger partial charge on any atom is 0.262 e. The van der Waals surface area contributed by atoms with E-state index in [-0.39, 0.29) is 11.9 Å². The molecule has 2 aromatic carbocycles. The number of benzene rings is 2. The first kappa shape index (κ1) is 18.4.